The fourth-order valence-electron chi connectivity index (χ4n) is 4.35. The van der Waals surface area contributed by atoms with Crippen molar-refractivity contribution in [2.75, 3.05) is 33.7 Å². The molecule has 1 aromatic carbocycles. The molecule has 0 aromatic heterocycles. The first kappa shape index (κ1) is 18.2. The normalized spacial score (nSPS) is 22.4. The molecular formula is C20H31N3O2. The summed E-state index contributed by atoms with van der Waals surface area (Å²) in [5.74, 6) is 1.33. The van der Waals surface area contributed by atoms with Crippen molar-refractivity contribution < 1.29 is 9.53 Å². The van der Waals surface area contributed by atoms with Gasteiger partial charge in [-0.25, -0.2) is 4.79 Å². The van der Waals surface area contributed by atoms with Gasteiger partial charge in [0, 0.05) is 26.1 Å². The second-order valence-electron chi connectivity index (χ2n) is 7.47. The van der Waals surface area contributed by atoms with Gasteiger partial charge in [-0.2, -0.15) is 0 Å². The Labute approximate surface area is 151 Å². The summed E-state index contributed by atoms with van der Waals surface area (Å²) < 4.78 is 5.60. The Morgan fingerprint density at radius 2 is 2.12 bits per heavy atom. The SMILES string of the molecule is CN(C)C(=O)Oc1cccc2c1CC[C@@H]1[C@H]2CCN1CCCCCN. The van der Waals surface area contributed by atoms with Crippen LogP contribution in [0, 0.1) is 0 Å². The van der Waals surface area contributed by atoms with Crippen molar-refractivity contribution in [1.29, 1.82) is 0 Å². The zero-order valence-electron chi connectivity index (χ0n) is 15.5. The Morgan fingerprint density at radius 1 is 1.28 bits per heavy atom. The molecule has 1 saturated heterocycles. The molecule has 25 heavy (non-hydrogen) atoms. The number of nitrogens with zero attached hydrogens (tertiary/aromatic N) is 2. The van der Waals surface area contributed by atoms with E-state index < -0.39 is 0 Å². The highest BCUT2D eigenvalue weighted by atomic mass is 16.6. The third kappa shape index (κ3) is 3.98. The zero-order chi connectivity index (χ0) is 17.8. The Hall–Kier alpha value is -1.59. The van der Waals surface area contributed by atoms with Crippen LogP contribution < -0.4 is 10.5 Å². The quantitative estimate of drug-likeness (QED) is 0.805. The second kappa shape index (κ2) is 8.19. The minimum Gasteiger partial charge on any atom is -0.410 e. The summed E-state index contributed by atoms with van der Waals surface area (Å²) in [6.07, 6.45) is 6.66. The molecule has 2 N–H and O–H groups in total. The topological polar surface area (TPSA) is 58.8 Å². The second-order valence-corrected chi connectivity index (χ2v) is 7.47. The van der Waals surface area contributed by atoms with Gasteiger partial charge in [-0.1, -0.05) is 18.6 Å². The molecular weight excluding hydrogens is 314 g/mol. The van der Waals surface area contributed by atoms with Crippen LogP contribution >= 0.6 is 0 Å². The van der Waals surface area contributed by atoms with E-state index in [1.807, 2.05) is 12.1 Å². The molecule has 0 unspecified atom stereocenters. The predicted octanol–water partition coefficient (Wildman–Crippen LogP) is 2.98. The molecule has 1 amide bonds. The molecule has 5 heteroatoms. The van der Waals surface area contributed by atoms with Crippen LogP contribution in [0.2, 0.25) is 0 Å². The summed E-state index contributed by atoms with van der Waals surface area (Å²) in [6.45, 7) is 3.17. The summed E-state index contributed by atoms with van der Waals surface area (Å²) in [4.78, 5) is 16.1. The maximum Gasteiger partial charge on any atom is 0.414 e. The van der Waals surface area contributed by atoms with E-state index in [1.165, 1.54) is 48.4 Å². The minimum absolute atomic E-state index is 0.302. The van der Waals surface area contributed by atoms with Gasteiger partial charge in [-0.3, -0.25) is 4.90 Å². The van der Waals surface area contributed by atoms with Crippen molar-refractivity contribution >= 4 is 6.09 Å². The lowest BCUT2D eigenvalue weighted by atomic mass is 9.79. The molecule has 5 nitrogen and oxygen atoms in total. The molecule has 0 bridgehead atoms. The van der Waals surface area contributed by atoms with Gasteiger partial charge in [0.25, 0.3) is 0 Å². The Morgan fingerprint density at radius 3 is 2.88 bits per heavy atom. The van der Waals surface area contributed by atoms with Gasteiger partial charge in [0.2, 0.25) is 0 Å². The number of unbranched alkanes of at least 4 members (excludes halogenated alkanes) is 2. The summed E-state index contributed by atoms with van der Waals surface area (Å²) in [5, 5.41) is 0. The molecule has 2 atom stereocenters. The maximum absolute atomic E-state index is 11.9. The fourth-order valence-corrected chi connectivity index (χ4v) is 4.35. The molecule has 0 spiro atoms. The number of rotatable bonds is 6. The number of nitrogens with two attached hydrogens (primary N) is 1. The van der Waals surface area contributed by atoms with Crippen LogP contribution in [0.15, 0.2) is 18.2 Å². The van der Waals surface area contributed by atoms with Crippen molar-refractivity contribution in [2.24, 2.45) is 5.73 Å². The van der Waals surface area contributed by atoms with Gasteiger partial charge in [0.15, 0.2) is 0 Å². The molecule has 1 aromatic rings. The number of ether oxygens (including phenoxy) is 1. The highest BCUT2D eigenvalue weighted by Crippen LogP contribution is 2.44. The highest BCUT2D eigenvalue weighted by molar-refractivity contribution is 5.70. The van der Waals surface area contributed by atoms with Gasteiger partial charge in [0.05, 0.1) is 0 Å². The lowest BCUT2D eigenvalue weighted by Gasteiger charge is -2.34. The lowest BCUT2D eigenvalue weighted by Crippen LogP contribution is -2.36. The van der Waals surface area contributed by atoms with Gasteiger partial charge in [-0.15, -0.1) is 0 Å². The van der Waals surface area contributed by atoms with Crippen LogP contribution in [-0.2, 0) is 6.42 Å². The number of carbonyl (C=O) groups is 1. The Bertz CT molecular complexity index is 603. The fraction of sp³-hybridized carbons (Fsp3) is 0.650. The van der Waals surface area contributed by atoms with E-state index in [0.717, 1.165) is 31.6 Å². The number of likely N-dealkylation sites (tertiary alicyclic amines) is 1. The summed E-state index contributed by atoms with van der Waals surface area (Å²) in [6, 6.07) is 6.84. The summed E-state index contributed by atoms with van der Waals surface area (Å²) in [7, 11) is 3.43. The number of amides is 1. The van der Waals surface area contributed by atoms with Crippen LogP contribution in [0.25, 0.3) is 0 Å². The molecule has 3 rings (SSSR count). The number of hydrogen-bond acceptors (Lipinski definition) is 4. The number of hydrogen-bond donors (Lipinski definition) is 1. The summed E-state index contributed by atoms with van der Waals surface area (Å²) in [5.41, 5.74) is 8.23. The maximum atomic E-state index is 11.9. The average Bonchev–Trinajstić information content (AvgIpc) is 3.02. The predicted molar refractivity (Wildman–Crippen MR) is 100 cm³/mol. The third-order valence-corrected chi connectivity index (χ3v) is 5.63. The van der Waals surface area contributed by atoms with Crippen molar-refractivity contribution in [3.63, 3.8) is 0 Å². The first-order valence-electron chi connectivity index (χ1n) is 9.57. The van der Waals surface area contributed by atoms with Crippen molar-refractivity contribution in [3.05, 3.63) is 29.3 Å². The van der Waals surface area contributed by atoms with Crippen LogP contribution in [0.4, 0.5) is 4.79 Å². The smallest absolute Gasteiger partial charge is 0.410 e. The minimum atomic E-state index is -0.302. The molecule has 138 valence electrons. The van der Waals surface area contributed by atoms with Gasteiger partial charge >= 0.3 is 6.09 Å². The monoisotopic (exact) mass is 345 g/mol. The van der Waals surface area contributed by atoms with E-state index in [2.05, 4.69) is 11.0 Å². The number of fused-ring (bicyclic) bond motifs is 3. The van der Waals surface area contributed by atoms with E-state index in [-0.39, 0.29) is 6.09 Å². The van der Waals surface area contributed by atoms with Crippen LogP contribution in [0.5, 0.6) is 5.75 Å². The van der Waals surface area contributed by atoms with Crippen LogP contribution in [0.3, 0.4) is 0 Å². The third-order valence-electron chi connectivity index (χ3n) is 5.63. The molecule has 1 aliphatic heterocycles. The van der Waals surface area contributed by atoms with E-state index in [1.54, 1.807) is 14.1 Å². The van der Waals surface area contributed by atoms with Crippen molar-refractivity contribution in [3.8, 4) is 5.75 Å². The first-order chi connectivity index (χ1) is 12.1. The van der Waals surface area contributed by atoms with E-state index >= 15 is 0 Å². The van der Waals surface area contributed by atoms with Crippen molar-refractivity contribution in [2.45, 2.75) is 50.5 Å². The zero-order valence-corrected chi connectivity index (χ0v) is 15.5. The molecule has 0 saturated carbocycles. The largest absolute Gasteiger partial charge is 0.414 e. The molecule has 1 aliphatic carbocycles. The van der Waals surface area contributed by atoms with E-state index in [9.17, 15) is 4.79 Å². The van der Waals surface area contributed by atoms with E-state index in [4.69, 9.17) is 10.5 Å². The molecule has 2 aliphatic rings. The summed E-state index contributed by atoms with van der Waals surface area (Å²) >= 11 is 0. The first-order valence-corrected chi connectivity index (χ1v) is 9.57. The van der Waals surface area contributed by atoms with Gasteiger partial charge < -0.3 is 15.4 Å². The standard InChI is InChI=1S/C20H31N3O2/c1-22(2)20(24)25-19-8-6-7-15-16-11-14-23(13-5-3-4-12-21)18(16)10-9-17(15)19/h6-8,16,18H,3-5,9-14,21H2,1-2H3/t16-,18+/m0/s1. The van der Waals surface area contributed by atoms with Gasteiger partial charge in [-0.05, 0) is 68.9 Å². The van der Waals surface area contributed by atoms with Gasteiger partial charge in [0.1, 0.15) is 5.75 Å². The highest BCUT2D eigenvalue weighted by Gasteiger charge is 2.39. The number of carbonyl (C=O) groups excluding carboxylic acids is 1. The molecule has 0 radical (unpaired) electrons. The molecule has 1 heterocycles. The molecule has 1 fully saturated rings. The Kier molecular flexibility index (Phi) is 5.97. The van der Waals surface area contributed by atoms with Crippen LogP contribution in [-0.4, -0.2) is 55.7 Å². The van der Waals surface area contributed by atoms with E-state index in [0.29, 0.717) is 12.0 Å². The van der Waals surface area contributed by atoms with Crippen LogP contribution in [0.1, 0.15) is 49.1 Å². The number of benzene rings is 1. The lowest BCUT2D eigenvalue weighted by molar-refractivity contribution is 0.170. The van der Waals surface area contributed by atoms with Crippen molar-refractivity contribution in [1.82, 2.24) is 9.80 Å². The average molecular weight is 345 g/mol. The Balaban J connectivity index is 1.70.